The average molecular weight is 311 g/mol. The van der Waals surface area contributed by atoms with Crippen LogP contribution in [0.4, 0.5) is 10.5 Å². The van der Waals surface area contributed by atoms with Gasteiger partial charge in [0.25, 0.3) is 0 Å². The Hall–Kier alpha value is -1.75. The van der Waals surface area contributed by atoms with E-state index < -0.39 is 0 Å². The Morgan fingerprint density at radius 2 is 2.10 bits per heavy atom. The van der Waals surface area contributed by atoms with Gasteiger partial charge in [-0.25, -0.2) is 4.79 Å². The number of amides is 2. The van der Waals surface area contributed by atoms with Gasteiger partial charge >= 0.3 is 12.0 Å². The molecular formula is C15H19ClN2O3. The molecule has 0 aliphatic heterocycles. The Morgan fingerprint density at radius 1 is 1.38 bits per heavy atom. The van der Waals surface area contributed by atoms with E-state index in [1.54, 1.807) is 30.0 Å². The summed E-state index contributed by atoms with van der Waals surface area (Å²) < 4.78 is 4.89. The van der Waals surface area contributed by atoms with E-state index in [9.17, 15) is 9.59 Å². The first kappa shape index (κ1) is 15.6. The lowest BCUT2D eigenvalue weighted by molar-refractivity contribution is -0.143. The number of ether oxygens (including phenoxy) is 1. The second-order valence-corrected chi connectivity index (χ2v) is 5.30. The van der Waals surface area contributed by atoms with Gasteiger partial charge in [-0.2, -0.15) is 0 Å². The van der Waals surface area contributed by atoms with Gasteiger partial charge in [0.2, 0.25) is 0 Å². The summed E-state index contributed by atoms with van der Waals surface area (Å²) in [5.41, 5.74) is 0.575. The number of esters is 1. The van der Waals surface area contributed by atoms with Crippen LogP contribution in [0.15, 0.2) is 24.3 Å². The molecule has 0 saturated heterocycles. The quantitative estimate of drug-likeness (QED) is 0.820. The maximum Gasteiger partial charge on any atom is 0.322 e. The van der Waals surface area contributed by atoms with Gasteiger partial charge in [-0.15, -0.1) is 0 Å². The van der Waals surface area contributed by atoms with Crippen molar-refractivity contribution >= 4 is 29.3 Å². The van der Waals surface area contributed by atoms with Crippen molar-refractivity contribution < 1.29 is 14.3 Å². The van der Waals surface area contributed by atoms with Gasteiger partial charge < -0.3 is 15.0 Å². The molecule has 0 atom stereocenters. The van der Waals surface area contributed by atoms with Crippen LogP contribution in [0.2, 0.25) is 5.02 Å². The van der Waals surface area contributed by atoms with E-state index in [1.165, 1.54) is 0 Å². The van der Waals surface area contributed by atoms with Gasteiger partial charge in [-0.1, -0.05) is 23.7 Å². The van der Waals surface area contributed by atoms with E-state index in [-0.39, 0.29) is 24.5 Å². The highest BCUT2D eigenvalue weighted by Gasteiger charge is 2.33. The number of rotatable bonds is 6. The molecule has 21 heavy (non-hydrogen) atoms. The van der Waals surface area contributed by atoms with Crippen LogP contribution in [-0.2, 0) is 9.53 Å². The molecule has 0 radical (unpaired) electrons. The molecule has 0 bridgehead atoms. The van der Waals surface area contributed by atoms with Crippen molar-refractivity contribution in [2.45, 2.75) is 32.2 Å². The highest BCUT2D eigenvalue weighted by molar-refractivity contribution is 6.33. The zero-order chi connectivity index (χ0) is 15.2. The Labute approximate surface area is 129 Å². The lowest BCUT2D eigenvalue weighted by atomic mass is 10.3. The first-order valence-corrected chi connectivity index (χ1v) is 7.47. The zero-order valence-electron chi connectivity index (χ0n) is 12.0. The molecule has 5 nitrogen and oxygen atoms in total. The van der Waals surface area contributed by atoms with Crippen LogP contribution in [-0.4, -0.2) is 36.1 Å². The second-order valence-electron chi connectivity index (χ2n) is 4.89. The van der Waals surface area contributed by atoms with E-state index in [1.807, 2.05) is 6.07 Å². The van der Waals surface area contributed by atoms with Crippen LogP contribution in [0.1, 0.15) is 26.2 Å². The standard InChI is InChI=1S/C15H19ClN2O3/c1-2-21-14(19)9-10-18(11-7-8-11)15(20)17-13-6-4-3-5-12(13)16/h3-6,11H,2,7-10H2,1H3,(H,17,20). The first-order valence-electron chi connectivity index (χ1n) is 7.09. The average Bonchev–Trinajstić information content (AvgIpc) is 3.26. The number of para-hydroxylation sites is 1. The third-order valence-corrected chi connectivity index (χ3v) is 3.56. The van der Waals surface area contributed by atoms with Gasteiger partial charge in [0.15, 0.2) is 0 Å². The fourth-order valence-electron chi connectivity index (χ4n) is 2.03. The number of halogens is 1. The van der Waals surface area contributed by atoms with Crippen molar-refractivity contribution in [3.63, 3.8) is 0 Å². The predicted octanol–water partition coefficient (Wildman–Crippen LogP) is 3.29. The van der Waals surface area contributed by atoms with E-state index in [2.05, 4.69) is 5.32 Å². The fraction of sp³-hybridized carbons (Fsp3) is 0.467. The van der Waals surface area contributed by atoms with Gasteiger partial charge in [0.05, 0.1) is 23.7 Å². The smallest absolute Gasteiger partial charge is 0.322 e. The summed E-state index contributed by atoms with van der Waals surface area (Å²) in [6, 6.07) is 7.06. The minimum atomic E-state index is -0.284. The summed E-state index contributed by atoms with van der Waals surface area (Å²) in [5.74, 6) is -0.284. The van der Waals surface area contributed by atoms with Crippen molar-refractivity contribution in [2.75, 3.05) is 18.5 Å². The number of anilines is 1. The minimum Gasteiger partial charge on any atom is -0.466 e. The number of hydrogen-bond donors (Lipinski definition) is 1. The third-order valence-electron chi connectivity index (χ3n) is 3.23. The maximum atomic E-state index is 12.3. The molecule has 1 aromatic rings. The summed E-state index contributed by atoms with van der Waals surface area (Å²) in [7, 11) is 0. The van der Waals surface area contributed by atoms with Crippen molar-refractivity contribution in [2.24, 2.45) is 0 Å². The zero-order valence-corrected chi connectivity index (χ0v) is 12.7. The van der Waals surface area contributed by atoms with E-state index in [0.29, 0.717) is 23.9 Å². The van der Waals surface area contributed by atoms with E-state index in [4.69, 9.17) is 16.3 Å². The molecule has 1 N–H and O–H groups in total. The minimum absolute atomic E-state index is 0.209. The van der Waals surface area contributed by atoms with Gasteiger partial charge in [-0.05, 0) is 31.9 Å². The molecule has 1 fully saturated rings. The number of hydrogen-bond acceptors (Lipinski definition) is 3. The molecule has 0 heterocycles. The molecule has 0 unspecified atom stereocenters. The second kappa shape index (κ2) is 7.31. The molecule has 1 aliphatic carbocycles. The number of benzene rings is 1. The Morgan fingerprint density at radius 3 is 2.71 bits per heavy atom. The highest BCUT2D eigenvalue weighted by atomic mass is 35.5. The van der Waals surface area contributed by atoms with Crippen LogP contribution < -0.4 is 5.32 Å². The van der Waals surface area contributed by atoms with Crippen molar-refractivity contribution in [1.29, 1.82) is 0 Å². The molecule has 2 rings (SSSR count). The first-order chi connectivity index (χ1) is 10.1. The summed E-state index contributed by atoms with van der Waals surface area (Å²) in [6.07, 6.45) is 2.15. The number of nitrogens with zero attached hydrogens (tertiary/aromatic N) is 1. The predicted molar refractivity (Wildman–Crippen MR) is 81.4 cm³/mol. The Bertz CT molecular complexity index is 517. The summed E-state index contributed by atoms with van der Waals surface area (Å²) in [4.78, 5) is 25.4. The number of nitrogens with one attached hydrogen (secondary N) is 1. The van der Waals surface area contributed by atoms with Crippen LogP contribution in [0.3, 0.4) is 0 Å². The fourth-order valence-corrected chi connectivity index (χ4v) is 2.21. The molecule has 114 valence electrons. The molecule has 2 amide bonds. The van der Waals surface area contributed by atoms with Gasteiger partial charge in [0.1, 0.15) is 0 Å². The number of carbonyl (C=O) groups excluding carboxylic acids is 2. The highest BCUT2D eigenvalue weighted by Crippen LogP contribution is 2.28. The van der Waals surface area contributed by atoms with E-state index >= 15 is 0 Å². The van der Waals surface area contributed by atoms with Gasteiger partial charge in [0, 0.05) is 12.6 Å². The molecule has 0 aromatic heterocycles. The third kappa shape index (κ3) is 4.63. The SMILES string of the molecule is CCOC(=O)CCN(C(=O)Nc1ccccc1Cl)C1CC1. The van der Waals surface area contributed by atoms with Crippen LogP contribution in [0, 0.1) is 0 Å². The van der Waals surface area contributed by atoms with Gasteiger partial charge in [-0.3, -0.25) is 4.79 Å². The Kier molecular flexibility index (Phi) is 5.44. The van der Waals surface area contributed by atoms with Crippen molar-refractivity contribution in [1.82, 2.24) is 4.90 Å². The summed E-state index contributed by atoms with van der Waals surface area (Å²) in [6.45, 7) is 2.48. The maximum absolute atomic E-state index is 12.3. The van der Waals surface area contributed by atoms with Crippen LogP contribution in [0.5, 0.6) is 0 Å². The Balaban J connectivity index is 1.93. The molecule has 1 saturated carbocycles. The van der Waals surface area contributed by atoms with Crippen LogP contribution in [0.25, 0.3) is 0 Å². The largest absolute Gasteiger partial charge is 0.466 e. The molecule has 6 heteroatoms. The monoisotopic (exact) mass is 310 g/mol. The lowest BCUT2D eigenvalue weighted by Crippen LogP contribution is -2.38. The molecular weight excluding hydrogens is 292 g/mol. The lowest BCUT2D eigenvalue weighted by Gasteiger charge is -2.22. The van der Waals surface area contributed by atoms with Crippen LogP contribution >= 0.6 is 11.6 Å². The molecule has 0 spiro atoms. The summed E-state index contributed by atoms with van der Waals surface area (Å²) >= 11 is 6.03. The van der Waals surface area contributed by atoms with Crippen molar-refractivity contribution in [3.05, 3.63) is 29.3 Å². The normalized spacial score (nSPS) is 13.6. The van der Waals surface area contributed by atoms with E-state index in [0.717, 1.165) is 12.8 Å². The van der Waals surface area contributed by atoms with Crippen molar-refractivity contribution in [3.8, 4) is 0 Å². The topological polar surface area (TPSA) is 58.6 Å². The molecule has 1 aliphatic rings. The number of carbonyl (C=O) groups is 2. The number of urea groups is 1. The molecule has 1 aromatic carbocycles. The summed E-state index contributed by atoms with van der Waals surface area (Å²) in [5, 5.41) is 3.28.